The summed E-state index contributed by atoms with van der Waals surface area (Å²) >= 11 is 5.44. The highest BCUT2D eigenvalue weighted by Crippen LogP contribution is 2.22. The predicted octanol–water partition coefficient (Wildman–Crippen LogP) is 2.54. The van der Waals surface area contributed by atoms with Gasteiger partial charge >= 0.3 is 0 Å². The third kappa shape index (κ3) is 4.10. The molecule has 0 saturated carbocycles. The van der Waals surface area contributed by atoms with Crippen LogP contribution in [0.2, 0.25) is 0 Å². The molecule has 1 rings (SSSR count). The van der Waals surface area contributed by atoms with Crippen molar-refractivity contribution in [3.05, 3.63) is 12.2 Å². The standard InChI is InChI=1S/C13H23ClN4/c1-13(2,3)17(4)10-7-8-18(9-10)12(16)6-5-11(14)15/h5-6,10,15-16H,7-9H2,1-4H3/b6-5-,15-11?,16-12?. The minimum absolute atomic E-state index is 0.0395. The topological polar surface area (TPSA) is 54.2 Å². The molecule has 1 fully saturated rings. The van der Waals surface area contributed by atoms with E-state index < -0.39 is 0 Å². The number of amidine groups is 1. The van der Waals surface area contributed by atoms with Crippen molar-refractivity contribution < 1.29 is 0 Å². The zero-order valence-electron chi connectivity index (χ0n) is 11.6. The minimum atomic E-state index is -0.0395. The lowest BCUT2D eigenvalue weighted by molar-refractivity contribution is 0.123. The molecule has 0 aliphatic carbocycles. The van der Waals surface area contributed by atoms with Gasteiger partial charge < -0.3 is 4.90 Å². The maximum atomic E-state index is 7.93. The van der Waals surface area contributed by atoms with Gasteiger partial charge in [-0.15, -0.1) is 0 Å². The average Bonchev–Trinajstić information content (AvgIpc) is 2.72. The van der Waals surface area contributed by atoms with Gasteiger partial charge in [0.05, 0.1) is 0 Å². The van der Waals surface area contributed by atoms with Crippen LogP contribution < -0.4 is 0 Å². The molecule has 1 heterocycles. The van der Waals surface area contributed by atoms with Crippen molar-refractivity contribution in [2.24, 2.45) is 0 Å². The Bertz CT molecular complexity index is 356. The Morgan fingerprint density at radius 1 is 1.33 bits per heavy atom. The summed E-state index contributed by atoms with van der Waals surface area (Å²) in [5.41, 5.74) is 0.150. The highest BCUT2D eigenvalue weighted by molar-refractivity contribution is 6.67. The number of allylic oxidation sites excluding steroid dienone is 1. The van der Waals surface area contributed by atoms with Crippen LogP contribution >= 0.6 is 11.6 Å². The molecule has 4 nitrogen and oxygen atoms in total. The Morgan fingerprint density at radius 3 is 2.44 bits per heavy atom. The van der Waals surface area contributed by atoms with Crippen LogP contribution in [0.1, 0.15) is 27.2 Å². The molecule has 1 saturated heterocycles. The van der Waals surface area contributed by atoms with Gasteiger partial charge in [-0.2, -0.15) is 0 Å². The average molecular weight is 271 g/mol. The second-order valence-electron chi connectivity index (χ2n) is 5.74. The third-order valence-corrected chi connectivity index (χ3v) is 3.62. The molecule has 5 heteroatoms. The Kier molecular flexibility index (Phi) is 4.93. The molecule has 0 bridgehead atoms. The van der Waals surface area contributed by atoms with E-state index in [0.29, 0.717) is 11.9 Å². The number of nitrogens with zero attached hydrogens (tertiary/aromatic N) is 2. The largest absolute Gasteiger partial charge is 0.355 e. The molecule has 0 aromatic rings. The number of rotatable bonds is 3. The first-order valence-electron chi connectivity index (χ1n) is 6.20. The fourth-order valence-corrected chi connectivity index (χ4v) is 2.14. The first-order valence-corrected chi connectivity index (χ1v) is 6.58. The summed E-state index contributed by atoms with van der Waals surface area (Å²) in [5, 5.41) is 15.0. The first-order chi connectivity index (χ1) is 8.21. The summed E-state index contributed by atoms with van der Waals surface area (Å²) in [5.74, 6) is 0.435. The number of hydrogen-bond donors (Lipinski definition) is 2. The van der Waals surface area contributed by atoms with E-state index in [9.17, 15) is 0 Å². The van der Waals surface area contributed by atoms with E-state index in [2.05, 4.69) is 32.7 Å². The predicted molar refractivity (Wildman–Crippen MR) is 77.9 cm³/mol. The van der Waals surface area contributed by atoms with E-state index >= 15 is 0 Å². The molecule has 0 radical (unpaired) electrons. The zero-order chi connectivity index (χ0) is 13.9. The Balaban J connectivity index is 2.56. The monoisotopic (exact) mass is 270 g/mol. The van der Waals surface area contributed by atoms with Crippen LogP contribution in [0.5, 0.6) is 0 Å². The summed E-state index contributed by atoms with van der Waals surface area (Å²) < 4.78 is 0. The van der Waals surface area contributed by atoms with Gasteiger partial charge in [-0.1, -0.05) is 11.6 Å². The van der Waals surface area contributed by atoms with Crippen molar-refractivity contribution in [3.63, 3.8) is 0 Å². The van der Waals surface area contributed by atoms with Gasteiger partial charge in [0.25, 0.3) is 0 Å². The molecule has 0 spiro atoms. The summed E-state index contributed by atoms with van der Waals surface area (Å²) in [6, 6.07) is 0.481. The van der Waals surface area contributed by atoms with Crippen molar-refractivity contribution in [2.45, 2.75) is 38.8 Å². The molecule has 1 unspecified atom stereocenters. The first kappa shape index (κ1) is 15.2. The molecule has 1 aliphatic rings. The van der Waals surface area contributed by atoms with Crippen LogP contribution in [0.3, 0.4) is 0 Å². The summed E-state index contributed by atoms with van der Waals surface area (Å²) in [4.78, 5) is 4.40. The molecule has 0 amide bonds. The smallest absolute Gasteiger partial charge is 0.120 e. The van der Waals surface area contributed by atoms with Crippen molar-refractivity contribution >= 4 is 22.6 Å². The van der Waals surface area contributed by atoms with E-state index in [4.69, 9.17) is 22.4 Å². The minimum Gasteiger partial charge on any atom is -0.355 e. The lowest BCUT2D eigenvalue weighted by Gasteiger charge is -2.36. The van der Waals surface area contributed by atoms with Gasteiger partial charge in [0.2, 0.25) is 0 Å². The van der Waals surface area contributed by atoms with Gasteiger partial charge in [0, 0.05) is 24.7 Å². The highest BCUT2D eigenvalue weighted by atomic mass is 35.5. The van der Waals surface area contributed by atoms with E-state index in [-0.39, 0.29) is 10.7 Å². The lowest BCUT2D eigenvalue weighted by atomic mass is 10.0. The molecule has 102 valence electrons. The van der Waals surface area contributed by atoms with E-state index in [1.165, 1.54) is 6.08 Å². The molecule has 18 heavy (non-hydrogen) atoms. The number of likely N-dealkylation sites (N-methyl/N-ethyl adjacent to an activating group) is 1. The summed E-state index contributed by atoms with van der Waals surface area (Å²) in [6.07, 6.45) is 4.11. The van der Waals surface area contributed by atoms with Gasteiger partial charge in [-0.05, 0) is 46.4 Å². The molecule has 0 aromatic carbocycles. The quantitative estimate of drug-likeness (QED) is 0.612. The number of likely N-dealkylation sites (tertiary alicyclic amines) is 1. The van der Waals surface area contributed by atoms with Crippen molar-refractivity contribution in [3.8, 4) is 0 Å². The van der Waals surface area contributed by atoms with Crippen LogP contribution in [-0.2, 0) is 0 Å². The maximum absolute atomic E-state index is 7.93. The summed E-state index contributed by atoms with van der Waals surface area (Å²) in [6.45, 7) is 8.37. The molecule has 1 aliphatic heterocycles. The van der Waals surface area contributed by atoms with Gasteiger partial charge in [-0.25, -0.2) is 0 Å². The van der Waals surface area contributed by atoms with Gasteiger partial charge in [0.15, 0.2) is 0 Å². The molecule has 2 N–H and O–H groups in total. The molecular weight excluding hydrogens is 248 g/mol. The number of nitrogens with one attached hydrogen (secondary N) is 2. The SMILES string of the molecule is CN(C1CCN(C(=N)/C=C\C(=N)Cl)C1)C(C)(C)C. The lowest BCUT2D eigenvalue weighted by Crippen LogP contribution is -2.46. The maximum Gasteiger partial charge on any atom is 0.120 e. The molecule has 1 atom stereocenters. The molecule has 0 aromatic heterocycles. The van der Waals surface area contributed by atoms with Crippen molar-refractivity contribution in [1.82, 2.24) is 9.80 Å². The number of halogens is 1. The second-order valence-corrected chi connectivity index (χ2v) is 6.14. The Hall–Kier alpha value is -0.870. The van der Waals surface area contributed by atoms with Crippen LogP contribution in [0.4, 0.5) is 0 Å². The third-order valence-electron chi connectivity index (χ3n) is 3.50. The van der Waals surface area contributed by atoms with Gasteiger partial charge in [-0.3, -0.25) is 15.7 Å². The highest BCUT2D eigenvalue weighted by Gasteiger charge is 2.31. The van der Waals surface area contributed by atoms with E-state index in [0.717, 1.165) is 19.5 Å². The van der Waals surface area contributed by atoms with Crippen molar-refractivity contribution in [2.75, 3.05) is 20.1 Å². The fraction of sp³-hybridized carbons (Fsp3) is 0.692. The van der Waals surface area contributed by atoms with Gasteiger partial charge in [0.1, 0.15) is 11.0 Å². The second kappa shape index (κ2) is 5.85. The van der Waals surface area contributed by atoms with Crippen LogP contribution in [-0.4, -0.2) is 52.5 Å². The van der Waals surface area contributed by atoms with Crippen LogP contribution in [0.25, 0.3) is 0 Å². The van der Waals surface area contributed by atoms with Crippen molar-refractivity contribution in [1.29, 1.82) is 10.8 Å². The normalized spacial score (nSPS) is 21.0. The van der Waals surface area contributed by atoms with E-state index in [1.807, 2.05) is 4.90 Å². The molecular formula is C13H23ClN4. The van der Waals surface area contributed by atoms with Crippen LogP contribution in [0.15, 0.2) is 12.2 Å². The van der Waals surface area contributed by atoms with Crippen LogP contribution in [0, 0.1) is 10.8 Å². The van der Waals surface area contributed by atoms with E-state index in [1.54, 1.807) is 6.08 Å². The Labute approximate surface area is 115 Å². The zero-order valence-corrected chi connectivity index (χ0v) is 12.4. The fourth-order valence-electron chi connectivity index (χ4n) is 2.08. The number of hydrogen-bond acceptors (Lipinski definition) is 3. The summed E-state index contributed by atoms with van der Waals surface area (Å²) in [7, 11) is 2.14. The Morgan fingerprint density at radius 2 is 1.94 bits per heavy atom.